The summed E-state index contributed by atoms with van der Waals surface area (Å²) in [6.45, 7) is 2.87. The summed E-state index contributed by atoms with van der Waals surface area (Å²) in [5.74, 6) is -0.179. The largest absolute Gasteiger partial charge is 0.297 e. The average Bonchev–Trinajstić information content (AvgIpc) is 3.27. The van der Waals surface area contributed by atoms with Gasteiger partial charge in [-0.15, -0.1) is 0 Å². The van der Waals surface area contributed by atoms with Gasteiger partial charge >= 0.3 is 0 Å². The Balaban J connectivity index is 1.48. The van der Waals surface area contributed by atoms with Gasteiger partial charge in [-0.3, -0.25) is 4.90 Å². The second kappa shape index (κ2) is 6.53. The SMILES string of the molecule is Fc1ccccc1-c1cccc(CN2CCC(n3cncn3)C2)c1. The Hall–Kier alpha value is -2.53. The van der Waals surface area contributed by atoms with E-state index in [-0.39, 0.29) is 5.82 Å². The van der Waals surface area contributed by atoms with E-state index in [4.69, 9.17) is 0 Å². The third-order valence-corrected chi connectivity index (χ3v) is 4.58. The predicted octanol–water partition coefficient (Wildman–Crippen LogP) is 3.53. The van der Waals surface area contributed by atoms with Gasteiger partial charge < -0.3 is 0 Å². The summed E-state index contributed by atoms with van der Waals surface area (Å²) in [6, 6.07) is 15.5. The molecule has 3 aromatic rings. The summed E-state index contributed by atoms with van der Waals surface area (Å²) in [4.78, 5) is 6.44. The summed E-state index contributed by atoms with van der Waals surface area (Å²) < 4.78 is 15.9. The van der Waals surface area contributed by atoms with Gasteiger partial charge in [0.25, 0.3) is 0 Å². The molecular formula is C19H19FN4. The van der Waals surface area contributed by atoms with Crippen LogP contribution in [0, 0.1) is 5.82 Å². The zero-order valence-corrected chi connectivity index (χ0v) is 13.3. The van der Waals surface area contributed by atoms with Crippen molar-refractivity contribution in [1.82, 2.24) is 19.7 Å². The molecule has 1 aliphatic heterocycles. The minimum absolute atomic E-state index is 0.179. The molecule has 122 valence electrons. The Morgan fingerprint density at radius 1 is 1.12 bits per heavy atom. The van der Waals surface area contributed by atoms with Gasteiger partial charge in [-0.05, 0) is 29.7 Å². The minimum Gasteiger partial charge on any atom is -0.297 e. The molecule has 0 spiro atoms. The van der Waals surface area contributed by atoms with Crippen LogP contribution in [0.5, 0.6) is 0 Å². The van der Waals surface area contributed by atoms with Crippen molar-refractivity contribution < 1.29 is 4.39 Å². The number of aromatic nitrogens is 3. The lowest BCUT2D eigenvalue weighted by molar-refractivity contribution is 0.311. The number of hydrogen-bond acceptors (Lipinski definition) is 3. The summed E-state index contributed by atoms with van der Waals surface area (Å²) in [5.41, 5.74) is 2.79. The maximum absolute atomic E-state index is 14.0. The monoisotopic (exact) mass is 322 g/mol. The van der Waals surface area contributed by atoms with Crippen molar-refractivity contribution in [1.29, 1.82) is 0 Å². The van der Waals surface area contributed by atoms with Crippen LogP contribution in [0.15, 0.2) is 61.2 Å². The van der Waals surface area contributed by atoms with Crippen LogP contribution >= 0.6 is 0 Å². The second-order valence-corrected chi connectivity index (χ2v) is 6.23. The van der Waals surface area contributed by atoms with E-state index < -0.39 is 0 Å². The molecule has 0 N–H and O–H groups in total. The van der Waals surface area contributed by atoms with Crippen molar-refractivity contribution in [3.63, 3.8) is 0 Å². The molecule has 0 saturated carbocycles. The molecule has 5 heteroatoms. The first-order valence-corrected chi connectivity index (χ1v) is 8.20. The van der Waals surface area contributed by atoms with Crippen LogP contribution in [-0.2, 0) is 6.54 Å². The smallest absolute Gasteiger partial charge is 0.137 e. The van der Waals surface area contributed by atoms with Crippen molar-refractivity contribution >= 4 is 0 Å². The fraction of sp³-hybridized carbons (Fsp3) is 0.263. The predicted molar refractivity (Wildman–Crippen MR) is 90.8 cm³/mol. The Bertz CT molecular complexity index is 816. The quantitative estimate of drug-likeness (QED) is 0.737. The molecule has 1 aromatic heterocycles. The van der Waals surface area contributed by atoms with Crippen molar-refractivity contribution in [2.45, 2.75) is 19.0 Å². The van der Waals surface area contributed by atoms with Gasteiger partial charge in [-0.25, -0.2) is 14.1 Å². The molecule has 1 aliphatic rings. The van der Waals surface area contributed by atoms with E-state index in [2.05, 4.69) is 27.1 Å². The van der Waals surface area contributed by atoms with Gasteiger partial charge in [-0.2, -0.15) is 5.10 Å². The number of benzene rings is 2. The average molecular weight is 322 g/mol. The van der Waals surface area contributed by atoms with Crippen molar-refractivity contribution in [3.05, 3.63) is 72.6 Å². The van der Waals surface area contributed by atoms with Crippen LogP contribution in [0.1, 0.15) is 18.0 Å². The van der Waals surface area contributed by atoms with E-state index in [1.807, 2.05) is 28.9 Å². The Kier molecular flexibility index (Phi) is 4.09. The number of hydrogen-bond donors (Lipinski definition) is 0. The highest BCUT2D eigenvalue weighted by atomic mass is 19.1. The standard InChI is InChI=1S/C19H19FN4/c20-19-7-2-1-6-18(19)16-5-3-4-15(10-16)11-23-9-8-17(12-23)24-14-21-13-22-24/h1-7,10,13-14,17H,8-9,11-12H2. The Morgan fingerprint density at radius 3 is 2.88 bits per heavy atom. The molecule has 0 amide bonds. The van der Waals surface area contributed by atoms with Gasteiger partial charge in [0.15, 0.2) is 0 Å². The van der Waals surface area contributed by atoms with Crippen LogP contribution in [0.4, 0.5) is 4.39 Å². The molecule has 1 saturated heterocycles. The van der Waals surface area contributed by atoms with Crippen molar-refractivity contribution in [3.8, 4) is 11.1 Å². The fourth-order valence-corrected chi connectivity index (χ4v) is 3.37. The van der Waals surface area contributed by atoms with E-state index in [1.54, 1.807) is 18.7 Å². The summed E-state index contributed by atoms with van der Waals surface area (Å²) in [5, 5.41) is 4.24. The van der Waals surface area contributed by atoms with E-state index in [0.29, 0.717) is 11.6 Å². The van der Waals surface area contributed by atoms with Gasteiger partial charge in [0.2, 0.25) is 0 Å². The van der Waals surface area contributed by atoms with Gasteiger partial charge in [0.1, 0.15) is 18.5 Å². The molecular weight excluding hydrogens is 303 g/mol. The highest BCUT2D eigenvalue weighted by Crippen LogP contribution is 2.26. The highest BCUT2D eigenvalue weighted by molar-refractivity contribution is 5.64. The number of likely N-dealkylation sites (tertiary alicyclic amines) is 1. The van der Waals surface area contributed by atoms with Crippen LogP contribution < -0.4 is 0 Å². The molecule has 0 aliphatic carbocycles. The zero-order chi connectivity index (χ0) is 16.4. The summed E-state index contributed by atoms with van der Waals surface area (Å²) in [6.07, 6.45) is 4.45. The topological polar surface area (TPSA) is 34.0 Å². The lowest BCUT2D eigenvalue weighted by Gasteiger charge is -2.16. The van der Waals surface area contributed by atoms with Crippen LogP contribution in [-0.4, -0.2) is 32.8 Å². The molecule has 4 nitrogen and oxygen atoms in total. The first kappa shape index (κ1) is 15.0. The maximum atomic E-state index is 14.0. The molecule has 2 aromatic carbocycles. The molecule has 24 heavy (non-hydrogen) atoms. The van der Waals surface area contributed by atoms with Crippen LogP contribution in [0.25, 0.3) is 11.1 Å². The molecule has 1 atom stereocenters. The lowest BCUT2D eigenvalue weighted by atomic mass is 10.0. The zero-order valence-electron chi connectivity index (χ0n) is 13.3. The summed E-state index contributed by atoms with van der Waals surface area (Å²) in [7, 11) is 0. The number of nitrogens with zero attached hydrogens (tertiary/aromatic N) is 4. The van der Waals surface area contributed by atoms with Gasteiger partial charge in [0, 0.05) is 25.2 Å². The molecule has 1 unspecified atom stereocenters. The third kappa shape index (κ3) is 3.08. The Morgan fingerprint density at radius 2 is 2.04 bits per heavy atom. The van der Waals surface area contributed by atoms with E-state index in [9.17, 15) is 4.39 Å². The van der Waals surface area contributed by atoms with E-state index in [0.717, 1.165) is 31.6 Å². The highest BCUT2D eigenvalue weighted by Gasteiger charge is 2.24. The van der Waals surface area contributed by atoms with Crippen LogP contribution in [0.3, 0.4) is 0 Å². The lowest BCUT2D eigenvalue weighted by Crippen LogP contribution is -2.21. The van der Waals surface area contributed by atoms with Crippen molar-refractivity contribution in [2.75, 3.05) is 13.1 Å². The van der Waals surface area contributed by atoms with Crippen molar-refractivity contribution in [2.24, 2.45) is 0 Å². The maximum Gasteiger partial charge on any atom is 0.137 e. The third-order valence-electron chi connectivity index (χ3n) is 4.58. The first-order chi connectivity index (χ1) is 11.8. The normalized spacial score (nSPS) is 18.1. The summed E-state index contributed by atoms with van der Waals surface area (Å²) >= 11 is 0. The van der Waals surface area contributed by atoms with Gasteiger partial charge in [0.05, 0.1) is 6.04 Å². The molecule has 4 rings (SSSR count). The number of halogens is 1. The van der Waals surface area contributed by atoms with Crippen LogP contribution in [0.2, 0.25) is 0 Å². The molecule has 1 fully saturated rings. The number of rotatable bonds is 4. The second-order valence-electron chi connectivity index (χ2n) is 6.23. The van der Waals surface area contributed by atoms with E-state index in [1.165, 1.54) is 11.6 Å². The fourth-order valence-electron chi connectivity index (χ4n) is 3.37. The minimum atomic E-state index is -0.179. The molecule has 2 heterocycles. The molecule has 0 radical (unpaired) electrons. The first-order valence-electron chi connectivity index (χ1n) is 8.20. The molecule has 0 bridgehead atoms. The van der Waals surface area contributed by atoms with Gasteiger partial charge in [-0.1, -0.05) is 36.4 Å². The Labute approximate surface area is 140 Å². The van der Waals surface area contributed by atoms with E-state index >= 15 is 0 Å².